The van der Waals surface area contributed by atoms with Crippen molar-refractivity contribution in [1.82, 2.24) is 10.2 Å². The summed E-state index contributed by atoms with van der Waals surface area (Å²) < 4.78 is 0. The van der Waals surface area contributed by atoms with E-state index in [2.05, 4.69) is 31.0 Å². The minimum Gasteiger partial charge on any atom is -0.395 e. The van der Waals surface area contributed by atoms with Crippen molar-refractivity contribution in [2.24, 2.45) is 5.41 Å². The molecular formula is C10H24N2O. The standard InChI is InChI=1S/C10H24N2O/c1-9(11-4)10(2,3)8-12(5)6-7-13/h9,11,13H,6-8H2,1-5H3. The summed E-state index contributed by atoms with van der Waals surface area (Å²) in [5.41, 5.74) is 0.235. The molecule has 0 aromatic heterocycles. The molecule has 1 atom stereocenters. The fraction of sp³-hybridized carbons (Fsp3) is 1.00. The molecule has 1 unspecified atom stereocenters. The normalized spacial score (nSPS) is 15.0. The van der Waals surface area contributed by atoms with Gasteiger partial charge in [-0.05, 0) is 26.4 Å². The van der Waals surface area contributed by atoms with Crippen molar-refractivity contribution in [3.63, 3.8) is 0 Å². The number of likely N-dealkylation sites (N-methyl/N-ethyl adjacent to an activating group) is 1. The summed E-state index contributed by atoms with van der Waals surface area (Å²) in [5, 5.41) is 12.0. The highest BCUT2D eigenvalue weighted by Gasteiger charge is 2.25. The number of aliphatic hydroxyl groups is 1. The lowest BCUT2D eigenvalue weighted by Gasteiger charge is -2.35. The zero-order valence-electron chi connectivity index (χ0n) is 9.59. The minimum atomic E-state index is 0.235. The van der Waals surface area contributed by atoms with E-state index in [9.17, 15) is 0 Å². The van der Waals surface area contributed by atoms with Gasteiger partial charge in [0, 0.05) is 19.1 Å². The maximum Gasteiger partial charge on any atom is 0.0558 e. The molecule has 0 radical (unpaired) electrons. The molecule has 0 aromatic carbocycles. The molecule has 0 aliphatic carbocycles. The van der Waals surface area contributed by atoms with Gasteiger partial charge in [-0.1, -0.05) is 13.8 Å². The molecule has 0 bridgehead atoms. The van der Waals surface area contributed by atoms with E-state index in [1.165, 1.54) is 0 Å². The van der Waals surface area contributed by atoms with Crippen LogP contribution in [0.5, 0.6) is 0 Å². The van der Waals surface area contributed by atoms with Crippen LogP contribution in [0.1, 0.15) is 20.8 Å². The second kappa shape index (κ2) is 5.58. The second-order valence-electron chi connectivity index (χ2n) is 4.46. The van der Waals surface area contributed by atoms with Crippen LogP contribution in [0.4, 0.5) is 0 Å². The van der Waals surface area contributed by atoms with Crippen LogP contribution in [-0.2, 0) is 0 Å². The van der Waals surface area contributed by atoms with E-state index in [4.69, 9.17) is 5.11 Å². The topological polar surface area (TPSA) is 35.5 Å². The van der Waals surface area contributed by atoms with Crippen molar-refractivity contribution in [1.29, 1.82) is 0 Å². The lowest BCUT2D eigenvalue weighted by molar-refractivity contribution is 0.144. The first-order valence-corrected chi connectivity index (χ1v) is 4.90. The van der Waals surface area contributed by atoms with E-state index < -0.39 is 0 Å². The first-order chi connectivity index (χ1) is 5.94. The van der Waals surface area contributed by atoms with E-state index in [0.29, 0.717) is 6.04 Å². The Morgan fingerprint density at radius 2 is 2.00 bits per heavy atom. The van der Waals surface area contributed by atoms with Crippen molar-refractivity contribution >= 4 is 0 Å². The van der Waals surface area contributed by atoms with Gasteiger partial charge in [-0.25, -0.2) is 0 Å². The van der Waals surface area contributed by atoms with Gasteiger partial charge < -0.3 is 15.3 Å². The van der Waals surface area contributed by atoms with Gasteiger partial charge in [0.05, 0.1) is 6.61 Å². The highest BCUT2D eigenvalue weighted by atomic mass is 16.3. The smallest absolute Gasteiger partial charge is 0.0558 e. The van der Waals surface area contributed by atoms with Crippen molar-refractivity contribution in [2.45, 2.75) is 26.8 Å². The van der Waals surface area contributed by atoms with E-state index in [1.807, 2.05) is 14.1 Å². The molecule has 0 rings (SSSR count). The monoisotopic (exact) mass is 188 g/mol. The lowest BCUT2D eigenvalue weighted by Crippen LogP contribution is -2.45. The Bertz CT molecular complexity index is 137. The van der Waals surface area contributed by atoms with Crippen molar-refractivity contribution < 1.29 is 5.11 Å². The van der Waals surface area contributed by atoms with E-state index in [1.54, 1.807) is 0 Å². The van der Waals surface area contributed by atoms with Crippen LogP contribution in [0.3, 0.4) is 0 Å². The number of nitrogens with zero attached hydrogens (tertiary/aromatic N) is 1. The van der Waals surface area contributed by atoms with Gasteiger partial charge in [-0.15, -0.1) is 0 Å². The molecule has 13 heavy (non-hydrogen) atoms. The van der Waals surface area contributed by atoms with Crippen LogP contribution in [0.2, 0.25) is 0 Å². The van der Waals surface area contributed by atoms with Crippen molar-refractivity contribution in [2.75, 3.05) is 33.8 Å². The molecule has 2 N–H and O–H groups in total. The average Bonchev–Trinajstić information content (AvgIpc) is 2.02. The van der Waals surface area contributed by atoms with Crippen molar-refractivity contribution in [3.8, 4) is 0 Å². The van der Waals surface area contributed by atoms with E-state index >= 15 is 0 Å². The Hall–Kier alpha value is -0.120. The lowest BCUT2D eigenvalue weighted by atomic mass is 9.85. The zero-order chi connectivity index (χ0) is 10.5. The summed E-state index contributed by atoms with van der Waals surface area (Å²) in [6, 6.07) is 0.480. The largest absolute Gasteiger partial charge is 0.395 e. The molecule has 0 aliphatic rings. The van der Waals surface area contributed by atoms with Gasteiger partial charge in [-0.3, -0.25) is 0 Å². The van der Waals surface area contributed by atoms with Crippen LogP contribution in [0, 0.1) is 5.41 Å². The minimum absolute atomic E-state index is 0.235. The van der Waals surface area contributed by atoms with Crippen LogP contribution < -0.4 is 5.32 Å². The molecule has 0 heterocycles. The quantitative estimate of drug-likeness (QED) is 0.639. The molecule has 0 aliphatic heterocycles. The Kier molecular flexibility index (Phi) is 5.53. The Labute approximate surface area is 82.1 Å². The Morgan fingerprint density at radius 1 is 1.46 bits per heavy atom. The number of rotatable bonds is 6. The summed E-state index contributed by atoms with van der Waals surface area (Å²) in [6.07, 6.45) is 0. The summed E-state index contributed by atoms with van der Waals surface area (Å²) in [7, 11) is 4.03. The molecule has 0 spiro atoms. The molecule has 3 nitrogen and oxygen atoms in total. The molecule has 80 valence electrons. The predicted octanol–water partition coefficient (Wildman–Crippen LogP) is 0.545. The number of hydrogen-bond acceptors (Lipinski definition) is 3. The number of nitrogens with one attached hydrogen (secondary N) is 1. The zero-order valence-corrected chi connectivity index (χ0v) is 9.59. The summed E-state index contributed by atoms with van der Waals surface area (Å²) in [6.45, 7) is 8.65. The highest BCUT2D eigenvalue weighted by molar-refractivity contribution is 4.82. The van der Waals surface area contributed by atoms with Crippen LogP contribution in [-0.4, -0.2) is 49.8 Å². The Balaban J connectivity index is 3.99. The highest BCUT2D eigenvalue weighted by Crippen LogP contribution is 2.20. The van der Waals surface area contributed by atoms with Gasteiger partial charge in [-0.2, -0.15) is 0 Å². The summed E-state index contributed by atoms with van der Waals surface area (Å²) in [4.78, 5) is 2.16. The third-order valence-electron chi connectivity index (χ3n) is 2.76. The first kappa shape index (κ1) is 12.9. The fourth-order valence-corrected chi connectivity index (χ4v) is 1.47. The molecular weight excluding hydrogens is 164 g/mol. The van der Waals surface area contributed by atoms with Gasteiger partial charge in [0.15, 0.2) is 0 Å². The molecule has 0 saturated heterocycles. The average molecular weight is 188 g/mol. The van der Waals surface area contributed by atoms with Crippen molar-refractivity contribution in [3.05, 3.63) is 0 Å². The molecule has 0 saturated carbocycles. The Morgan fingerprint density at radius 3 is 2.38 bits per heavy atom. The van der Waals surface area contributed by atoms with Gasteiger partial charge in [0.25, 0.3) is 0 Å². The predicted molar refractivity (Wildman–Crippen MR) is 56.9 cm³/mol. The third-order valence-corrected chi connectivity index (χ3v) is 2.76. The van der Waals surface area contributed by atoms with Crippen LogP contribution in [0.25, 0.3) is 0 Å². The fourth-order valence-electron chi connectivity index (χ4n) is 1.47. The second-order valence-corrected chi connectivity index (χ2v) is 4.46. The first-order valence-electron chi connectivity index (χ1n) is 4.90. The van der Waals surface area contributed by atoms with Gasteiger partial charge >= 0.3 is 0 Å². The van der Waals surface area contributed by atoms with E-state index in [0.717, 1.165) is 13.1 Å². The van der Waals surface area contributed by atoms with Gasteiger partial charge in [0.2, 0.25) is 0 Å². The molecule has 0 fully saturated rings. The van der Waals surface area contributed by atoms with Crippen LogP contribution >= 0.6 is 0 Å². The van der Waals surface area contributed by atoms with E-state index in [-0.39, 0.29) is 12.0 Å². The summed E-state index contributed by atoms with van der Waals surface area (Å²) in [5.74, 6) is 0. The molecule has 0 amide bonds. The maximum absolute atomic E-state index is 8.77. The van der Waals surface area contributed by atoms with Crippen LogP contribution in [0.15, 0.2) is 0 Å². The SMILES string of the molecule is CNC(C)C(C)(C)CN(C)CCO. The number of aliphatic hydroxyl groups excluding tert-OH is 1. The maximum atomic E-state index is 8.77. The molecule has 0 aromatic rings. The third kappa shape index (κ3) is 4.60. The number of hydrogen-bond donors (Lipinski definition) is 2. The summed E-state index contributed by atoms with van der Waals surface area (Å²) >= 11 is 0. The van der Waals surface area contributed by atoms with Gasteiger partial charge in [0.1, 0.15) is 0 Å². The molecule has 3 heteroatoms.